The predicted molar refractivity (Wildman–Crippen MR) is 75.1 cm³/mol. The van der Waals surface area contributed by atoms with Gasteiger partial charge in [-0.3, -0.25) is 0 Å². The molecule has 0 amide bonds. The second-order valence-electron chi connectivity index (χ2n) is 8.05. The van der Waals surface area contributed by atoms with Crippen LogP contribution in [0.1, 0.15) is 68.2 Å². The number of aliphatic hydroxyl groups is 1. The molecule has 3 nitrogen and oxygen atoms in total. The highest BCUT2D eigenvalue weighted by Gasteiger charge is 2.34. The minimum Gasteiger partial charge on any atom is -0.390 e. The van der Waals surface area contributed by atoms with Crippen molar-refractivity contribution >= 4 is 0 Å². The summed E-state index contributed by atoms with van der Waals surface area (Å²) in [4.78, 5) is 0. The van der Waals surface area contributed by atoms with Crippen LogP contribution in [0, 0.1) is 0 Å². The number of rotatable bonds is 6. The van der Waals surface area contributed by atoms with Crippen LogP contribution in [0.4, 0.5) is 0 Å². The van der Waals surface area contributed by atoms with E-state index in [1.54, 1.807) is 0 Å². The molecular weight excluding hydrogens is 212 g/mol. The Labute approximate surface area is 107 Å². The third kappa shape index (κ3) is 9.57. The highest BCUT2D eigenvalue weighted by molar-refractivity contribution is 4.95. The van der Waals surface area contributed by atoms with E-state index in [1.165, 1.54) is 0 Å². The molecule has 0 bridgehead atoms. The van der Waals surface area contributed by atoms with E-state index in [9.17, 15) is 5.11 Å². The smallest absolute Gasteiger partial charge is 0.0609 e. The first-order chi connectivity index (χ1) is 7.12. The van der Waals surface area contributed by atoms with Gasteiger partial charge in [-0.05, 0) is 68.2 Å². The van der Waals surface area contributed by atoms with Gasteiger partial charge in [-0.1, -0.05) is 0 Å². The molecule has 0 spiro atoms. The Hall–Kier alpha value is -0.120. The lowest BCUT2D eigenvalue weighted by atomic mass is 9.82. The van der Waals surface area contributed by atoms with Crippen molar-refractivity contribution in [2.24, 2.45) is 5.73 Å². The summed E-state index contributed by atoms with van der Waals surface area (Å²) < 4.78 is 0. The molecule has 0 aliphatic carbocycles. The van der Waals surface area contributed by atoms with Gasteiger partial charge in [-0.2, -0.15) is 0 Å². The Morgan fingerprint density at radius 2 is 1.18 bits per heavy atom. The number of hydrogen-bond acceptors (Lipinski definition) is 3. The Morgan fingerprint density at radius 3 is 1.47 bits per heavy atom. The Balaban J connectivity index is 4.59. The van der Waals surface area contributed by atoms with Gasteiger partial charge in [0.15, 0.2) is 0 Å². The molecule has 0 aliphatic rings. The molecule has 4 N–H and O–H groups in total. The van der Waals surface area contributed by atoms with Crippen molar-refractivity contribution in [1.29, 1.82) is 0 Å². The van der Waals surface area contributed by atoms with Crippen LogP contribution in [-0.4, -0.2) is 27.3 Å². The van der Waals surface area contributed by atoms with E-state index in [0.717, 1.165) is 6.42 Å². The van der Waals surface area contributed by atoms with Crippen molar-refractivity contribution in [3.63, 3.8) is 0 Å². The maximum Gasteiger partial charge on any atom is 0.0609 e. The monoisotopic (exact) mass is 244 g/mol. The summed E-state index contributed by atoms with van der Waals surface area (Å²) in [7, 11) is 0. The lowest BCUT2D eigenvalue weighted by Gasteiger charge is -2.42. The van der Waals surface area contributed by atoms with E-state index in [-0.39, 0.29) is 16.6 Å². The molecule has 104 valence electrons. The molecule has 0 atom stereocenters. The van der Waals surface area contributed by atoms with Crippen molar-refractivity contribution in [1.82, 2.24) is 5.32 Å². The molecule has 0 radical (unpaired) electrons. The molecular formula is C14H32N2O. The Bertz CT molecular complexity index is 218. The molecule has 0 rings (SSSR count). The standard InChI is InChI=1S/C14H32N2O/c1-11(2,15)9-12(3,4)16-13(5,6)10-14(7,8)17/h16-17H,9-10,15H2,1-8H3. The first-order valence-electron chi connectivity index (χ1n) is 6.43. The summed E-state index contributed by atoms with van der Waals surface area (Å²) in [5.74, 6) is 0. The fraction of sp³-hybridized carbons (Fsp3) is 1.00. The van der Waals surface area contributed by atoms with E-state index in [2.05, 4.69) is 33.0 Å². The Morgan fingerprint density at radius 1 is 0.824 bits per heavy atom. The lowest BCUT2D eigenvalue weighted by Crippen LogP contribution is -2.57. The highest BCUT2D eigenvalue weighted by atomic mass is 16.3. The third-order valence-corrected chi connectivity index (χ3v) is 2.45. The zero-order chi connectivity index (χ0) is 14.1. The van der Waals surface area contributed by atoms with E-state index in [0.29, 0.717) is 6.42 Å². The van der Waals surface area contributed by atoms with Crippen molar-refractivity contribution in [3.8, 4) is 0 Å². The fourth-order valence-corrected chi connectivity index (χ4v) is 3.23. The second kappa shape index (κ2) is 4.87. The summed E-state index contributed by atoms with van der Waals surface area (Å²) in [6.07, 6.45) is 1.59. The molecule has 0 fully saturated rings. The molecule has 0 aromatic carbocycles. The topological polar surface area (TPSA) is 58.3 Å². The van der Waals surface area contributed by atoms with Crippen LogP contribution < -0.4 is 11.1 Å². The van der Waals surface area contributed by atoms with Crippen molar-refractivity contribution < 1.29 is 5.11 Å². The van der Waals surface area contributed by atoms with Crippen LogP contribution in [0.15, 0.2) is 0 Å². The van der Waals surface area contributed by atoms with E-state index in [4.69, 9.17) is 5.73 Å². The second-order valence-corrected chi connectivity index (χ2v) is 8.05. The van der Waals surface area contributed by atoms with Gasteiger partial charge < -0.3 is 16.2 Å². The van der Waals surface area contributed by atoms with Gasteiger partial charge in [-0.25, -0.2) is 0 Å². The van der Waals surface area contributed by atoms with Crippen LogP contribution in [-0.2, 0) is 0 Å². The fourth-order valence-electron chi connectivity index (χ4n) is 3.23. The minimum atomic E-state index is -0.662. The zero-order valence-electron chi connectivity index (χ0n) is 12.9. The van der Waals surface area contributed by atoms with E-state index >= 15 is 0 Å². The quantitative estimate of drug-likeness (QED) is 0.672. The summed E-state index contributed by atoms with van der Waals surface area (Å²) in [6, 6.07) is 0. The van der Waals surface area contributed by atoms with Gasteiger partial charge in [0, 0.05) is 16.6 Å². The lowest BCUT2D eigenvalue weighted by molar-refractivity contribution is 0.0359. The summed E-state index contributed by atoms with van der Waals surface area (Å²) >= 11 is 0. The summed E-state index contributed by atoms with van der Waals surface area (Å²) in [6.45, 7) is 16.3. The van der Waals surface area contributed by atoms with Crippen LogP contribution in [0.25, 0.3) is 0 Å². The average Bonchev–Trinajstić information content (AvgIpc) is 1.65. The van der Waals surface area contributed by atoms with Gasteiger partial charge in [0.1, 0.15) is 0 Å². The molecule has 3 heteroatoms. The molecule has 0 aromatic rings. The minimum absolute atomic E-state index is 0.0486. The third-order valence-electron chi connectivity index (χ3n) is 2.45. The number of nitrogens with two attached hydrogens (primary N) is 1. The number of hydrogen-bond donors (Lipinski definition) is 3. The van der Waals surface area contributed by atoms with E-state index in [1.807, 2.05) is 27.7 Å². The maximum absolute atomic E-state index is 9.92. The molecule has 17 heavy (non-hydrogen) atoms. The van der Waals surface area contributed by atoms with Crippen molar-refractivity contribution in [2.45, 2.75) is 90.4 Å². The molecule has 0 aromatic heterocycles. The normalized spacial score (nSPS) is 15.2. The van der Waals surface area contributed by atoms with Gasteiger partial charge in [-0.15, -0.1) is 0 Å². The highest BCUT2D eigenvalue weighted by Crippen LogP contribution is 2.25. The van der Waals surface area contributed by atoms with Gasteiger partial charge in [0.05, 0.1) is 5.60 Å². The number of nitrogens with one attached hydrogen (secondary N) is 1. The van der Waals surface area contributed by atoms with Gasteiger partial charge in [0.2, 0.25) is 0 Å². The summed E-state index contributed by atoms with van der Waals surface area (Å²) in [5, 5.41) is 13.5. The van der Waals surface area contributed by atoms with Crippen LogP contribution in [0.3, 0.4) is 0 Å². The first kappa shape index (κ1) is 16.9. The predicted octanol–water partition coefficient (Wildman–Crippen LogP) is 2.42. The molecule has 0 saturated heterocycles. The molecule has 0 heterocycles. The maximum atomic E-state index is 9.92. The Kier molecular flexibility index (Phi) is 4.83. The van der Waals surface area contributed by atoms with Crippen molar-refractivity contribution in [3.05, 3.63) is 0 Å². The first-order valence-corrected chi connectivity index (χ1v) is 6.43. The van der Waals surface area contributed by atoms with Crippen molar-refractivity contribution in [2.75, 3.05) is 0 Å². The van der Waals surface area contributed by atoms with Crippen LogP contribution in [0.5, 0.6) is 0 Å². The SMILES string of the molecule is CC(C)(N)CC(C)(C)NC(C)(C)CC(C)(C)O. The average molecular weight is 244 g/mol. The van der Waals surface area contributed by atoms with Crippen LogP contribution >= 0.6 is 0 Å². The van der Waals surface area contributed by atoms with Gasteiger partial charge in [0.25, 0.3) is 0 Å². The molecule has 0 unspecified atom stereocenters. The summed E-state index contributed by atoms with van der Waals surface area (Å²) in [5.41, 5.74) is 5.06. The molecule has 0 saturated carbocycles. The largest absolute Gasteiger partial charge is 0.390 e. The van der Waals surface area contributed by atoms with Gasteiger partial charge >= 0.3 is 0 Å². The molecule has 0 aliphatic heterocycles. The zero-order valence-corrected chi connectivity index (χ0v) is 12.9. The van der Waals surface area contributed by atoms with Crippen LogP contribution in [0.2, 0.25) is 0 Å². The van der Waals surface area contributed by atoms with E-state index < -0.39 is 5.60 Å².